The van der Waals surface area contributed by atoms with Crippen LogP contribution in [0.15, 0.2) is 46.9 Å². The van der Waals surface area contributed by atoms with E-state index in [9.17, 15) is 0 Å². The largest absolute Gasteiger partial charge is 0.316 e. The second kappa shape index (κ2) is 8.19. The molecule has 2 aromatic carbocycles. The Balaban J connectivity index is 2.24. The summed E-state index contributed by atoms with van der Waals surface area (Å²) in [5.74, 6) is 0.387. The standard InChI is InChI=1S/C17H18BrCl2N/c1-2-21-11-13(14-5-3-4-6-15(14)18)9-12-7-8-16(19)17(20)10-12/h3-8,10,13,21H,2,9,11H2,1H3. The van der Waals surface area contributed by atoms with E-state index in [1.54, 1.807) is 0 Å². The lowest BCUT2D eigenvalue weighted by Gasteiger charge is -2.19. The average molecular weight is 387 g/mol. The van der Waals surface area contributed by atoms with Gasteiger partial charge in [-0.25, -0.2) is 0 Å². The quantitative estimate of drug-likeness (QED) is 0.672. The van der Waals surface area contributed by atoms with Gasteiger partial charge in [-0.15, -0.1) is 0 Å². The number of nitrogens with one attached hydrogen (secondary N) is 1. The van der Waals surface area contributed by atoms with E-state index >= 15 is 0 Å². The van der Waals surface area contributed by atoms with Gasteiger partial charge in [-0.1, -0.05) is 70.3 Å². The molecule has 1 nitrogen and oxygen atoms in total. The van der Waals surface area contributed by atoms with Crippen molar-refractivity contribution in [3.63, 3.8) is 0 Å². The first kappa shape index (κ1) is 16.8. The topological polar surface area (TPSA) is 12.0 Å². The molecule has 0 aliphatic heterocycles. The number of halogens is 3. The summed E-state index contributed by atoms with van der Waals surface area (Å²) in [6.45, 7) is 4.01. The predicted molar refractivity (Wildman–Crippen MR) is 95.6 cm³/mol. The summed E-state index contributed by atoms with van der Waals surface area (Å²) in [6.07, 6.45) is 0.923. The van der Waals surface area contributed by atoms with Crippen LogP contribution in [0.5, 0.6) is 0 Å². The van der Waals surface area contributed by atoms with Crippen molar-refractivity contribution in [3.05, 3.63) is 68.1 Å². The summed E-state index contributed by atoms with van der Waals surface area (Å²) >= 11 is 15.8. The fourth-order valence-corrected chi connectivity index (χ4v) is 3.30. The van der Waals surface area contributed by atoms with Crippen LogP contribution >= 0.6 is 39.1 Å². The highest BCUT2D eigenvalue weighted by Crippen LogP contribution is 2.29. The van der Waals surface area contributed by atoms with Gasteiger partial charge in [0.2, 0.25) is 0 Å². The number of hydrogen-bond acceptors (Lipinski definition) is 1. The van der Waals surface area contributed by atoms with Gasteiger partial charge in [0.25, 0.3) is 0 Å². The van der Waals surface area contributed by atoms with Crippen LogP contribution in [-0.4, -0.2) is 13.1 Å². The maximum absolute atomic E-state index is 6.12. The van der Waals surface area contributed by atoms with E-state index in [1.165, 1.54) is 11.1 Å². The normalized spacial score (nSPS) is 12.4. The Morgan fingerprint density at radius 3 is 2.52 bits per heavy atom. The Bertz CT molecular complexity index is 601. The van der Waals surface area contributed by atoms with E-state index in [-0.39, 0.29) is 0 Å². The molecule has 0 aromatic heterocycles. The number of benzene rings is 2. The fourth-order valence-electron chi connectivity index (χ4n) is 2.37. The minimum absolute atomic E-state index is 0.387. The minimum atomic E-state index is 0.387. The molecule has 1 atom stereocenters. The molecule has 0 bridgehead atoms. The molecule has 0 aliphatic rings. The Labute approximate surface area is 144 Å². The van der Waals surface area contributed by atoms with E-state index in [0.717, 1.165) is 24.0 Å². The van der Waals surface area contributed by atoms with Crippen molar-refractivity contribution in [2.24, 2.45) is 0 Å². The summed E-state index contributed by atoms with van der Waals surface area (Å²) < 4.78 is 1.15. The Hall–Kier alpha value is -0.540. The molecule has 21 heavy (non-hydrogen) atoms. The monoisotopic (exact) mass is 385 g/mol. The van der Waals surface area contributed by atoms with Crippen molar-refractivity contribution in [2.75, 3.05) is 13.1 Å². The summed E-state index contributed by atoms with van der Waals surface area (Å²) in [5, 5.41) is 4.66. The second-order valence-corrected chi connectivity index (χ2v) is 6.65. The van der Waals surface area contributed by atoms with Gasteiger partial charge in [-0.2, -0.15) is 0 Å². The van der Waals surface area contributed by atoms with Gasteiger partial charge in [0.05, 0.1) is 10.0 Å². The van der Waals surface area contributed by atoms with Crippen LogP contribution in [0, 0.1) is 0 Å². The zero-order chi connectivity index (χ0) is 15.2. The van der Waals surface area contributed by atoms with E-state index in [1.807, 2.05) is 24.3 Å². The molecule has 2 rings (SSSR count). The number of rotatable bonds is 6. The van der Waals surface area contributed by atoms with Crippen LogP contribution < -0.4 is 5.32 Å². The molecule has 1 N–H and O–H groups in total. The zero-order valence-electron chi connectivity index (χ0n) is 11.9. The molecule has 0 aliphatic carbocycles. The van der Waals surface area contributed by atoms with Crippen molar-refractivity contribution >= 4 is 39.1 Å². The maximum atomic E-state index is 6.12. The van der Waals surface area contributed by atoms with Gasteiger partial charge < -0.3 is 5.32 Å². The van der Waals surface area contributed by atoms with Crippen LogP contribution in [0.2, 0.25) is 10.0 Å². The second-order valence-electron chi connectivity index (χ2n) is 4.98. The Morgan fingerprint density at radius 1 is 1.10 bits per heavy atom. The minimum Gasteiger partial charge on any atom is -0.316 e. The van der Waals surface area contributed by atoms with E-state index in [4.69, 9.17) is 23.2 Å². The molecular weight excluding hydrogens is 369 g/mol. The van der Waals surface area contributed by atoms with Crippen LogP contribution in [0.4, 0.5) is 0 Å². The summed E-state index contributed by atoms with van der Waals surface area (Å²) in [7, 11) is 0. The highest BCUT2D eigenvalue weighted by atomic mass is 79.9. The lowest BCUT2D eigenvalue weighted by molar-refractivity contribution is 0.593. The van der Waals surface area contributed by atoms with Crippen molar-refractivity contribution < 1.29 is 0 Å². The third kappa shape index (κ3) is 4.72. The van der Waals surface area contributed by atoms with Crippen molar-refractivity contribution in [2.45, 2.75) is 19.3 Å². The van der Waals surface area contributed by atoms with Gasteiger partial charge in [-0.05, 0) is 42.3 Å². The molecule has 0 radical (unpaired) electrons. The first-order valence-electron chi connectivity index (χ1n) is 7.01. The van der Waals surface area contributed by atoms with E-state index in [2.05, 4.69) is 46.4 Å². The molecular formula is C17H18BrCl2N. The van der Waals surface area contributed by atoms with Gasteiger partial charge in [0.1, 0.15) is 0 Å². The maximum Gasteiger partial charge on any atom is 0.0595 e. The lowest BCUT2D eigenvalue weighted by Crippen LogP contribution is -2.23. The third-order valence-electron chi connectivity index (χ3n) is 3.45. The van der Waals surface area contributed by atoms with Gasteiger partial charge in [0, 0.05) is 16.9 Å². The van der Waals surface area contributed by atoms with Gasteiger partial charge in [-0.3, -0.25) is 0 Å². The van der Waals surface area contributed by atoms with Crippen LogP contribution in [0.25, 0.3) is 0 Å². The molecule has 0 saturated carbocycles. The lowest BCUT2D eigenvalue weighted by atomic mass is 9.92. The molecule has 112 valence electrons. The molecule has 0 amide bonds. The summed E-state index contributed by atoms with van der Waals surface area (Å²) in [4.78, 5) is 0. The van der Waals surface area contributed by atoms with Crippen molar-refractivity contribution in [1.29, 1.82) is 0 Å². The smallest absolute Gasteiger partial charge is 0.0595 e. The molecule has 2 aromatic rings. The van der Waals surface area contributed by atoms with E-state index < -0.39 is 0 Å². The van der Waals surface area contributed by atoms with Crippen molar-refractivity contribution in [1.82, 2.24) is 5.32 Å². The highest BCUT2D eigenvalue weighted by molar-refractivity contribution is 9.10. The molecule has 0 fully saturated rings. The Morgan fingerprint density at radius 2 is 1.86 bits per heavy atom. The average Bonchev–Trinajstić information content (AvgIpc) is 2.48. The predicted octanol–water partition coefficient (Wildman–Crippen LogP) is 5.69. The molecule has 0 heterocycles. The van der Waals surface area contributed by atoms with Gasteiger partial charge >= 0.3 is 0 Å². The highest BCUT2D eigenvalue weighted by Gasteiger charge is 2.15. The number of hydrogen-bond donors (Lipinski definition) is 1. The van der Waals surface area contributed by atoms with E-state index in [0.29, 0.717) is 16.0 Å². The first-order chi connectivity index (χ1) is 10.1. The first-order valence-corrected chi connectivity index (χ1v) is 8.55. The third-order valence-corrected chi connectivity index (χ3v) is 4.91. The molecule has 1 unspecified atom stereocenters. The van der Waals surface area contributed by atoms with Crippen LogP contribution in [-0.2, 0) is 6.42 Å². The summed E-state index contributed by atoms with van der Waals surface area (Å²) in [6, 6.07) is 14.2. The number of likely N-dealkylation sites (N-methyl/N-ethyl adjacent to an activating group) is 1. The van der Waals surface area contributed by atoms with Crippen LogP contribution in [0.1, 0.15) is 24.0 Å². The SMILES string of the molecule is CCNCC(Cc1ccc(Cl)c(Cl)c1)c1ccccc1Br. The zero-order valence-corrected chi connectivity index (χ0v) is 15.0. The fraction of sp³-hybridized carbons (Fsp3) is 0.294. The summed E-state index contributed by atoms with van der Waals surface area (Å²) in [5.41, 5.74) is 2.51. The molecule has 4 heteroatoms. The molecule has 0 saturated heterocycles. The van der Waals surface area contributed by atoms with Crippen LogP contribution in [0.3, 0.4) is 0 Å². The van der Waals surface area contributed by atoms with Crippen molar-refractivity contribution in [3.8, 4) is 0 Å². The molecule has 0 spiro atoms. The van der Waals surface area contributed by atoms with Gasteiger partial charge in [0.15, 0.2) is 0 Å². The Kier molecular flexibility index (Phi) is 6.56.